The molecule has 0 atom stereocenters. The summed E-state index contributed by atoms with van der Waals surface area (Å²) in [5, 5.41) is 20.1. The SMILES string of the molecule is Nc1ccc(O)cc1C(=O)NCCO. The molecular weight excluding hydrogens is 184 g/mol. The van der Waals surface area contributed by atoms with Gasteiger partial charge in [-0.3, -0.25) is 4.79 Å². The molecule has 0 radical (unpaired) electrons. The molecule has 0 saturated carbocycles. The number of phenolic OH excluding ortho intramolecular Hbond substituents is 1. The van der Waals surface area contributed by atoms with Crippen molar-refractivity contribution in [3.63, 3.8) is 0 Å². The molecule has 0 unspecified atom stereocenters. The van der Waals surface area contributed by atoms with Gasteiger partial charge >= 0.3 is 0 Å². The molecule has 5 heteroatoms. The van der Waals surface area contributed by atoms with Crippen molar-refractivity contribution in [1.29, 1.82) is 0 Å². The maximum absolute atomic E-state index is 11.4. The van der Waals surface area contributed by atoms with Crippen molar-refractivity contribution in [2.24, 2.45) is 0 Å². The van der Waals surface area contributed by atoms with E-state index in [-0.39, 0.29) is 24.5 Å². The number of carbonyl (C=O) groups is 1. The highest BCUT2D eigenvalue weighted by atomic mass is 16.3. The van der Waals surface area contributed by atoms with E-state index in [1.54, 1.807) is 0 Å². The van der Waals surface area contributed by atoms with E-state index in [0.29, 0.717) is 5.69 Å². The van der Waals surface area contributed by atoms with E-state index in [1.807, 2.05) is 0 Å². The molecule has 0 aliphatic heterocycles. The van der Waals surface area contributed by atoms with Crippen LogP contribution >= 0.6 is 0 Å². The molecule has 0 heterocycles. The number of phenols is 1. The number of benzene rings is 1. The predicted octanol–water partition coefficient (Wildman–Crippen LogP) is -0.304. The van der Waals surface area contributed by atoms with E-state index in [4.69, 9.17) is 15.9 Å². The molecule has 0 saturated heterocycles. The van der Waals surface area contributed by atoms with Crippen molar-refractivity contribution < 1.29 is 15.0 Å². The van der Waals surface area contributed by atoms with E-state index < -0.39 is 5.91 Å². The number of aliphatic hydroxyl groups excluding tert-OH is 1. The van der Waals surface area contributed by atoms with Gasteiger partial charge in [0.1, 0.15) is 5.75 Å². The Hall–Kier alpha value is -1.75. The van der Waals surface area contributed by atoms with E-state index in [0.717, 1.165) is 0 Å². The third-order valence-electron chi connectivity index (χ3n) is 1.68. The summed E-state index contributed by atoms with van der Waals surface area (Å²) in [6.45, 7) is 0.0262. The zero-order valence-corrected chi connectivity index (χ0v) is 7.53. The summed E-state index contributed by atoms with van der Waals surface area (Å²) in [6, 6.07) is 4.13. The lowest BCUT2D eigenvalue weighted by molar-refractivity contribution is 0.0945. The molecule has 0 fully saturated rings. The van der Waals surface area contributed by atoms with Crippen LogP contribution in [0.15, 0.2) is 18.2 Å². The fourth-order valence-electron chi connectivity index (χ4n) is 1.01. The minimum Gasteiger partial charge on any atom is -0.508 e. The highest BCUT2D eigenvalue weighted by Crippen LogP contribution is 2.17. The van der Waals surface area contributed by atoms with Crippen molar-refractivity contribution in [2.75, 3.05) is 18.9 Å². The smallest absolute Gasteiger partial charge is 0.253 e. The highest BCUT2D eigenvalue weighted by molar-refractivity contribution is 5.99. The van der Waals surface area contributed by atoms with Crippen molar-refractivity contribution in [2.45, 2.75) is 0 Å². The Balaban J connectivity index is 2.83. The number of aromatic hydroxyl groups is 1. The van der Waals surface area contributed by atoms with Crippen molar-refractivity contribution >= 4 is 11.6 Å². The molecule has 5 nitrogen and oxygen atoms in total. The standard InChI is InChI=1S/C9H12N2O3/c10-8-2-1-6(13)5-7(8)9(14)11-3-4-12/h1-2,5,12-13H,3-4,10H2,(H,11,14). The lowest BCUT2D eigenvalue weighted by atomic mass is 10.1. The van der Waals surface area contributed by atoms with Crippen molar-refractivity contribution in [1.82, 2.24) is 5.32 Å². The molecule has 76 valence electrons. The molecular formula is C9H12N2O3. The van der Waals surface area contributed by atoms with Gasteiger partial charge in [0.2, 0.25) is 0 Å². The Morgan fingerprint density at radius 3 is 2.86 bits per heavy atom. The summed E-state index contributed by atoms with van der Waals surface area (Å²) in [4.78, 5) is 11.4. The van der Waals surface area contributed by atoms with E-state index in [1.165, 1.54) is 18.2 Å². The summed E-state index contributed by atoms with van der Waals surface area (Å²) in [5.41, 5.74) is 6.02. The average molecular weight is 196 g/mol. The number of rotatable bonds is 3. The Labute approximate surface area is 81.2 Å². The Bertz CT molecular complexity index is 339. The quantitative estimate of drug-likeness (QED) is 0.394. The van der Waals surface area contributed by atoms with Crippen LogP contribution in [-0.4, -0.2) is 29.3 Å². The van der Waals surface area contributed by atoms with Crippen LogP contribution in [0.5, 0.6) is 5.75 Å². The first kappa shape index (κ1) is 10.3. The van der Waals surface area contributed by atoms with E-state index >= 15 is 0 Å². The number of nitrogens with two attached hydrogens (primary N) is 1. The summed E-state index contributed by atoms with van der Waals surface area (Å²) in [7, 11) is 0. The third-order valence-corrected chi connectivity index (χ3v) is 1.68. The van der Waals surface area contributed by atoms with Crippen LogP contribution in [0.3, 0.4) is 0 Å². The molecule has 0 aliphatic carbocycles. The first-order chi connectivity index (χ1) is 6.65. The van der Waals surface area contributed by atoms with Gasteiger partial charge in [-0.2, -0.15) is 0 Å². The van der Waals surface area contributed by atoms with Crippen LogP contribution in [0.25, 0.3) is 0 Å². The molecule has 1 aromatic carbocycles. The van der Waals surface area contributed by atoms with Gasteiger partial charge in [0.25, 0.3) is 5.91 Å². The van der Waals surface area contributed by atoms with Crippen LogP contribution in [0.1, 0.15) is 10.4 Å². The predicted molar refractivity (Wildman–Crippen MR) is 51.9 cm³/mol. The summed E-state index contributed by atoms with van der Waals surface area (Å²) >= 11 is 0. The summed E-state index contributed by atoms with van der Waals surface area (Å²) in [5.74, 6) is -0.430. The van der Waals surface area contributed by atoms with E-state index in [2.05, 4.69) is 5.32 Å². The fourth-order valence-corrected chi connectivity index (χ4v) is 1.01. The molecule has 0 aliphatic rings. The van der Waals surface area contributed by atoms with Crippen LogP contribution in [0, 0.1) is 0 Å². The van der Waals surface area contributed by atoms with Gasteiger partial charge in [-0.15, -0.1) is 0 Å². The van der Waals surface area contributed by atoms with Gasteiger partial charge in [0.05, 0.1) is 12.2 Å². The highest BCUT2D eigenvalue weighted by Gasteiger charge is 2.09. The van der Waals surface area contributed by atoms with Gasteiger partial charge in [-0.25, -0.2) is 0 Å². The molecule has 14 heavy (non-hydrogen) atoms. The van der Waals surface area contributed by atoms with Gasteiger partial charge in [0.15, 0.2) is 0 Å². The number of aliphatic hydroxyl groups is 1. The topological polar surface area (TPSA) is 95.6 Å². The maximum Gasteiger partial charge on any atom is 0.253 e. The number of carbonyl (C=O) groups excluding carboxylic acids is 1. The molecule has 1 rings (SSSR count). The second kappa shape index (κ2) is 4.48. The van der Waals surface area contributed by atoms with Gasteiger partial charge in [0, 0.05) is 12.2 Å². The van der Waals surface area contributed by atoms with Gasteiger partial charge in [-0.05, 0) is 18.2 Å². The Morgan fingerprint density at radius 1 is 1.50 bits per heavy atom. The van der Waals surface area contributed by atoms with Crippen molar-refractivity contribution in [3.05, 3.63) is 23.8 Å². The molecule has 0 spiro atoms. The molecule has 0 bridgehead atoms. The number of nitrogens with one attached hydrogen (secondary N) is 1. The Kier molecular flexibility index (Phi) is 3.30. The number of anilines is 1. The normalized spacial score (nSPS) is 9.79. The van der Waals surface area contributed by atoms with Crippen LogP contribution in [0.4, 0.5) is 5.69 Å². The van der Waals surface area contributed by atoms with Gasteiger partial charge < -0.3 is 21.3 Å². The zero-order valence-electron chi connectivity index (χ0n) is 7.53. The van der Waals surface area contributed by atoms with Crippen molar-refractivity contribution in [3.8, 4) is 5.75 Å². The minimum absolute atomic E-state index is 0.0200. The number of hydrogen-bond donors (Lipinski definition) is 4. The number of hydrogen-bond acceptors (Lipinski definition) is 4. The molecule has 0 aromatic heterocycles. The molecule has 1 aromatic rings. The van der Waals surface area contributed by atoms with Crippen LogP contribution in [-0.2, 0) is 0 Å². The number of nitrogen functional groups attached to an aromatic ring is 1. The Morgan fingerprint density at radius 2 is 2.21 bits per heavy atom. The zero-order chi connectivity index (χ0) is 10.6. The summed E-state index contributed by atoms with van der Waals surface area (Å²) in [6.07, 6.45) is 0. The summed E-state index contributed by atoms with van der Waals surface area (Å²) < 4.78 is 0. The third kappa shape index (κ3) is 2.37. The second-order valence-corrected chi connectivity index (χ2v) is 2.75. The first-order valence-electron chi connectivity index (χ1n) is 4.12. The maximum atomic E-state index is 11.4. The van der Waals surface area contributed by atoms with E-state index in [9.17, 15) is 4.79 Å². The monoisotopic (exact) mass is 196 g/mol. The first-order valence-corrected chi connectivity index (χ1v) is 4.12. The van der Waals surface area contributed by atoms with Crippen LogP contribution < -0.4 is 11.1 Å². The largest absolute Gasteiger partial charge is 0.508 e. The second-order valence-electron chi connectivity index (χ2n) is 2.75. The average Bonchev–Trinajstić information content (AvgIpc) is 2.18. The van der Waals surface area contributed by atoms with Crippen LogP contribution in [0.2, 0.25) is 0 Å². The van der Waals surface area contributed by atoms with Gasteiger partial charge in [-0.1, -0.05) is 0 Å². The fraction of sp³-hybridized carbons (Fsp3) is 0.222. The number of amides is 1. The molecule has 1 amide bonds. The lowest BCUT2D eigenvalue weighted by Crippen LogP contribution is -2.27. The lowest BCUT2D eigenvalue weighted by Gasteiger charge is -2.06. The molecule has 5 N–H and O–H groups in total. The minimum atomic E-state index is -0.410.